The van der Waals surface area contributed by atoms with Crippen molar-refractivity contribution in [3.8, 4) is 5.75 Å². The Morgan fingerprint density at radius 2 is 1.90 bits per heavy atom. The van der Waals surface area contributed by atoms with E-state index in [-0.39, 0.29) is 0 Å². The zero-order valence-electron chi connectivity index (χ0n) is 13.3. The average Bonchev–Trinajstić information content (AvgIpc) is 2.38. The number of methoxy groups -OCH3 is 1. The predicted molar refractivity (Wildman–Crippen MR) is 84.4 cm³/mol. The van der Waals surface area contributed by atoms with Gasteiger partial charge in [0.15, 0.2) is 0 Å². The topological polar surface area (TPSA) is 24.5 Å². The molecule has 112 valence electrons. The average molecular weight is 276 g/mol. The van der Waals surface area contributed by atoms with Gasteiger partial charge >= 0.3 is 0 Å². The molecule has 0 spiro atoms. The number of hydrogen-bond donors (Lipinski definition) is 1. The highest BCUT2D eigenvalue weighted by molar-refractivity contribution is 5.27. The van der Waals surface area contributed by atoms with E-state index in [0.29, 0.717) is 11.6 Å². The minimum absolute atomic E-state index is 0.397. The van der Waals surface area contributed by atoms with E-state index in [1.54, 1.807) is 7.11 Å². The van der Waals surface area contributed by atoms with Gasteiger partial charge in [-0.25, -0.2) is 0 Å². The fourth-order valence-corrected chi connectivity index (χ4v) is 2.92. The molecule has 0 radical (unpaired) electrons. The standard InChI is InChI=1S/C17H28N2O/c1-14(12-15-6-8-16(20-4)9-7-15)18-13-17(19(2)3)10-5-11-17/h6-9,14,18H,5,10-13H2,1-4H3. The third kappa shape index (κ3) is 3.53. The zero-order valence-corrected chi connectivity index (χ0v) is 13.3. The summed E-state index contributed by atoms with van der Waals surface area (Å²) in [4.78, 5) is 2.39. The summed E-state index contributed by atoms with van der Waals surface area (Å²) in [5, 5.41) is 3.71. The number of nitrogens with one attached hydrogen (secondary N) is 1. The Hall–Kier alpha value is -1.06. The summed E-state index contributed by atoms with van der Waals surface area (Å²) in [5.41, 5.74) is 1.76. The molecule has 1 N–H and O–H groups in total. The van der Waals surface area contributed by atoms with E-state index in [1.807, 2.05) is 12.1 Å². The van der Waals surface area contributed by atoms with Crippen LogP contribution in [0.15, 0.2) is 24.3 Å². The molecule has 1 fully saturated rings. The molecule has 3 heteroatoms. The molecule has 0 aromatic heterocycles. The number of rotatable bonds is 7. The van der Waals surface area contributed by atoms with Crippen molar-refractivity contribution in [2.75, 3.05) is 27.7 Å². The van der Waals surface area contributed by atoms with Crippen molar-refractivity contribution in [1.82, 2.24) is 10.2 Å². The Morgan fingerprint density at radius 1 is 1.25 bits per heavy atom. The van der Waals surface area contributed by atoms with Gasteiger partial charge in [-0.3, -0.25) is 0 Å². The summed E-state index contributed by atoms with van der Waals surface area (Å²) < 4.78 is 5.19. The van der Waals surface area contributed by atoms with E-state index in [2.05, 4.69) is 43.4 Å². The second-order valence-corrected chi connectivity index (χ2v) is 6.31. The Bertz CT molecular complexity index is 410. The highest BCUT2D eigenvalue weighted by Crippen LogP contribution is 2.35. The summed E-state index contributed by atoms with van der Waals surface area (Å²) in [7, 11) is 6.11. The third-order valence-corrected chi connectivity index (χ3v) is 4.71. The van der Waals surface area contributed by atoms with Gasteiger partial charge in [-0.1, -0.05) is 12.1 Å². The molecule has 2 rings (SSSR count). The van der Waals surface area contributed by atoms with E-state index in [0.717, 1.165) is 18.7 Å². The van der Waals surface area contributed by atoms with Crippen molar-refractivity contribution < 1.29 is 4.74 Å². The van der Waals surface area contributed by atoms with Crippen LogP contribution in [0.2, 0.25) is 0 Å². The van der Waals surface area contributed by atoms with Crippen LogP contribution in [0.1, 0.15) is 31.7 Å². The lowest BCUT2D eigenvalue weighted by molar-refractivity contribution is 0.0577. The lowest BCUT2D eigenvalue weighted by Crippen LogP contribution is -2.57. The zero-order chi connectivity index (χ0) is 14.6. The fourth-order valence-electron chi connectivity index (χ4n) is 2.92. The number of hydrogen-bond acceptors (Lipinski definition) is 3. The van der Waals surface area contributed by atoms with E-state index in [9.17, 15) is 0 Å². The van der Waals surface area contributed by atoms with Gasteiger partial charge in [0, 0.05) is 18.1 Å². The van der Waals surface area contributed by atoms with Crippen LogP contribution in [0, 0.1) is 0 Å². The molecule has 0 bridgehead atoms. The summed E-state index contributed by atoms with van der Waals surface area (Å²) in [6, 6.07) is 8.88. The van der Waals surface area contributed by atoms with Crippen molar-refractivity contribution in [3.63, 3.8) is 0 Å². The molecule has 0 amide bonds. The van der Waals surface area contributed by atoms with Crippen LogP contribution < -0.4 is 10.1 Å². The first-order valence-electron chi connectivity index (χ1n) is 7.59. The molecule has 3 nitrogen and oxygen atoms in total. The van der Waals surface area contributed by atoms with E-state index >= 15 is 0 Å². The maximum atomic E-state index is 5.19. The van der Waals surface area contributed by atoms with Gasteiger partial charge in [0.2, 0.25) is 0 Å². The van der Waals surface area contributed by atoms with E-state index in [4.69, 9.17) is 4.74 Å². The maximum absolute atomic E-state index is 5.19. The number of ether oxygens (including phenoxy) is 1. The summed E-state index contributed by atoms with van der Waals surface area (Å²) in [6.45, 7) is 3.36. The quantitative estimate of drug-likeness (QED) is 0.828. The minimum Gasteiger partial charge on any atom is -0.497 e. The lowest BCUT2D eigenvalue weighted by atomic mass is 9.75. The van der Waals surface area contributed by atoms with Crippen molar-refractivity contribution in [2.24, 2.45) is 0 Å². The van der Waals surface area contributed by atoms with Crippen molar-refractivity contribution in [2.45, 2.75) is 44.2 Å². The Labute approximate surface area is 123 Å². The normalized spacial score (nSPS) is 18.6. The maximum Gasteiger partial charge on any atom is 0.118 e. The molecule has 20 heavy (non-hydrogen) atoms. The molecular formula is C17H28N2O. The number of likely N-dealkylation sites (N-methyl/N-ethyl adjacent to an activating group) is 1. The molecule has 1 aliphatic carbocycles. The predicted octanol–water partition coefficient (Wildman–Crippen LogP) is 2.70. The molecule has 1 aliphatic rings. The summed E-state index contributed by atoms with van der Waals surface area (Å²) in [5.74, 6) is 0.926. The van der Waals surface area contributed by atoms with Gasteiger partial charge in [0.1, 0.15) is 5.75 Å². The highest BCUT2D eigenvalue weighted by atomic mass is 16.5. The van der Waals surface area contributed by atoms with Crippen LogP contribution >= 0.6 is 0 Å². The first kappa shape index (κ1) is 15.3. The van der Waals surface area contributed by atoms with E-state index in [1.165, 1.54) is 24.8 Å². The largest absolute Gasteiger partial charge is 0.497 e. The Balaban J connectivity index is 1.81. The second-order valence-electron chi connectivity index (χ2n) is 6.31. The SMILES string of the molecule is COc1ccc(CC(C)NCC2(N(C)C)CCC2)cc1. The first-order valence-corrected chi connectivity index (χ1v) is 7.59. The first-order chi connectivity index (χ1) is 9.55. The number of nitrogens with zero attached hydrogens (tertiary/aromatic N) is 1. The molecule has 0 aliphatic heterocycles. The van der Waals surface area contributed by atoms with Gasteiger partial charge in [-0.05, 0) is 64.4 Å². The van der Waals surface area contributed by atoms with Gasteiger partial charge in [-0.15, -0.1) is 0 Å². The Morgan fingerprint density at radius 3 is 2.35 bits per heavy atom. The van der Waals surface area contributed by atoms with Crippen LogP contribution in [0.25, 0.3) is 0 Å². The van der Waals surface area contributed by atoms with Gasteiger partial charge in [0.05, 0.1) is 7.11 Å². The molecule has 0 saturated heterocycles. The monoisotopic (exact) mass is 276 g/mol. The van der Waals surface area contributed by atoms with Crippen LogP contribution in [-0.2, 0) is 6.42 Å². The summed E-state index contributed by atoms with van der Waals surface area (Å²) >= 11 is 0. The third-order valence-electron chi connectivity index (χ3n) is 4.71. The smallest absolute Gasteiger partial charge is 0.118 e. The van der Waals surface area contributed by atoms with Gasteiger partial charge in [0.25, 0.3) is 0 Å². The van der Waals surface area contributed by atoms with Crippen molar-refractivity contribution in [1.29, 1.82) is 0 Å². The molecule has 1 atom stereocenters. The van der Waals surface area contributed by atoms with Crippen LogP contribution in [0.5, 0.6) is 5.75 Å². The highest BCUT2D eigenvalue weighted by Gasteiger charge is 2.38. The van der Waals surface area contributed by atoms with Crippen LogP contribution in [-0.4, -0.2) is 44.2 Å². The van der Waals surface area contributed by atoms with Crippen molar-refractivity contribution >= 4 is 0 Å². The molecule has 1 aromatic carbocycles. The van der Waals surface area contributed by atoms with Gasteiger partial charge < -0.3 is 15.0 Å². The molecule has 1 saturated carbocycles. The lowest BCUT2D eigenvalue weighted by Gasteiger charge is -2.48. The molecule has 1 aromatic rings. The number of benzene rings is 1. The summed E-state index contributed by atoms with van der Waals surface area (Å²) in [6.07, 6.45) is 5.07. The molecule has 1 unspecified atom stereocenters. The molecule has 0 heterocycles. The van der Waals surface area contributed by atoms with Gasteiger partial charge in [-0.2, -0.15) is 0 Å². The second kappa shape index (κ2) is 6.59. The fraction of sp³-hybridized carbons (Fsp3) is 0.647. The van der Waals surface area contributed by atoms with Crippen molar-refractivity contribution in [3.05, 3.63) is 29.8 Å². The minimum atomic E-state index is 0.397. The molecular weight excluding hydrogens is 248 g/mol. The Kier molecular flexibility index (Phi) is 5.06. The van der Waals surface area contributed by atoms with Crippen LogP contribution in [0.3, 0.4) is 0 Å². The van der Waals surface area contributed by atoms with E-state index < -0.39 is 0 Å². The van der Waals surface area contributed by atoms with Crippen LogP contribution in [0.4, 0.5) is 0 Å².